The number of furan rings is 1. The fraction of sp³-hybridized carbons (Fsp3) is 0.476. The summed E-state index contributed by atoms with van der Waals surface area (Å²) in [5.74, 6) is 0.921. The van der Waals surface area contributed by atoms with E-state index in [4.69, 9.17) is 28.2 Å². The maximum absolute atomic E-state index is 6.13. The van der Waals surface area contributed by atoms with Gasteiger partial charge in [-0.25, -0.2) is 0 Å². The number of nitrogens with zero attached hydrogens (tertiary/aromatic N) is 2. The van der Waals surface area contributed by atoms with Crippen molar-refractivity contribution < 1.29 is 4.42 Å². The highest BCUT2D eigenvalue weighted by Gasteiger charge is 2.15. The third-order valence-electron chi connectivity index (χ3n) is 4.97. The van der Waals surface area contributed by atoms with Gasteiger partial charge in [0.25, 0.3) is 0 Å². The van der Waals surface area contributed by atoms with Gasteiger partial charge in [0.2, 0.25) is 0 Å². The first-order valence-electron chi connectivity index (χ1n) is 9.68. The Bertz CT molecular complexity index is 729. The molecule has 4 nitrogen and oxygen atoms in total. The molecule has 0 aliphatic carbocycles. The fourth-order valence-electron chi connectivity index (χ4n) is 3.44. The second kappa shape index (κ2) is 10.1. The van der Waals surface area contributed by atoms with Crippen LogP contribution in [0.4, 0.5) is 5.69 Å². The molecule has 0 unspecified atom stereocenters. The third-order valence-corrected chi connectivity index (χ3v) is 5.76. The Morgan fingerprint density at radius 2 is 2.07 bits per heavy atom. The van der Waals surface area contributed by atoms with Crippen molar-refractivity contribution >= 4 is 34.6 Å². The normalized spacial score (nSPS) is 14.9. The molecule has 0 atom stereocenters. The van der Waals surface area contributed by atoms with Crippen LogP contribution in [-0.2, 0) is 6.54 Å². The molecule has 0 bridgehead atoms. The Kier molecular flexibility index (Phi) is 7.56. The molecular formula is C21H28ClN3OS. The quantitative estimate of drug-likeness (QED) is 0.630. The first-order chi connectivity index (χ1) is 13.1. The lowest BCUT2D eigenvalue weighted by atomic mass is 10.1. The summed E-state index contributed by atoms with van der Waals surface area (Å²) in [5.41, 5.74) is 1.99. The van der Waals surface area contributed by atoms with Gasteiger partial charge in [0.1, 0.15) is 5.76 Å². The molecule has 1 aromatic heterocycles. The van der Waals surface area contributed by atoms with Crippen molar-refractivity contribution in [2.45, 2.75) is 39.2 Å². The summed E-state index contributed by atoms with van der Waals surface area (Å²) >= 11 is 11.8. The van der Waals surface area contributed by atoms with Crippen molar-refractivity contribution in [3.63, 3.8) is 0 Å². The summed E-state index contributed by atoms with van der Waals surface area (Å²) in [4.78, 5) is 4.75. The van der Waals surface area contributed by atoms with Crippen molar-refractivity contribution in [2.24, 2.45) is 0 Å². The van der Waals surface area contributed by atoms with E-state index in [9.17, 15) is 0 Å². The molecule has 6 heteroatoms. The third kappa shape index (κ3) is 6.23. The highest BCUT2D eigenvalue weighted by molar-refractivity contribution is 7.80. The summed E-state index contributed by atoms with van der Waals surface area (Å²) in [6, 6.07) is 9.79. The summed E-state index contributed by atoms with van der Waals surface area (Å²) in [6.45, 7) is 7.14. The molecule has 1 N–H and O–H groups in total. The topological polar surface area (TPSA) is 31.6 Å². The van der Waals surface area contributed by atoms with E-state index in [0.717, 1.165) is 41.5 Å². The van der Waals surface area contributed by atoms with Gasteiger partial charge in [0.15, 0.2) is 5.11 Å². The van der Waals surface area contributed by atoms with Gasteiger partial charge in [0, 0.05) is 17.3 Å². The van der Waals surface area contributed by atoms with E-state index in [0.29, 0.717) is 11.7 Å². The second-order valence-electron chi connectivity index (χ2n) is 7.15. The Labute approximate surface area is 172 Å². The summed E-state index contributed by atoms with van der Waals surface area (Å²) < 4.78 is 5.54. The Hall–Kier alpha value is -1.56. The Balaban J connectivity index is 1.59. The van der Waals surface area contributed by atoms with Crippen molar-refractivity contribution in [2.75, 3.05) is 31.5 Å². The van der Waals surface area contributed by atoms with Crippen LogP contribution in [0.3, 0.4) is 0 Å². The van der Waals surface area contributed by atoms with Gasteiger partial charge in [-0.1, -0.05) is 18.0 Å². The molecule has 1 fully saturated rings. The molecule has 146 valence electrons. The van der Waals surface area contributed by atoms with Gasteiger partial charge in [-0.15, -0.1) is 0 Å². The van der Waals surface area contributed by atoms with Crippen LogP contribution < -0.4 is 5.32 Å². The summed E-state index contributed by atoms with van der Waals surface area (Å²) in [7, 11) is 0. The number of piperidine rings is 1. The van der Waals surface area contributed by atoms with Gasteiger partial charge in [-0.05, 0) is 93.9 Å². The van der Waals surface area contributed by atoms with Crippen LogP contribution in [0.5, 0.6) is 0 Å². The average Bonchev–Trinajstić information content (AvgIpc) is 3.18. The number of halogens is 1. The van der Waals surface area contributed by atoms with Gasteiger partial charge in [-0.3, -0.25) is 0 Å². The Morgan fingerprint density at radius 1 is 1.26 bits per heavy atom. The van der Waals surface area contributed by atoms with E-state index >= 15 is 0 Å². The monoisotopic (exact) mass is 405 g/mol. The summed E-state index contributed by atoms with van der Waals surface area (Å²) in [6.07, 6.45) is 6.82. The molecule has 1 aliphatic rings. The van der Waals surface area contributed by atoms with E-state index in [1.165, 1.54) is 32.4 Å². The summed E-state index contributed by atoms with van der Waals surface area (Å²) in [5, 5.41) is 4.83. The SMILES string of the molecule is Cc1cc(NC(=S)N(CCCN2CCCCC2)Cc2ccco2)ccc1Cl. The zero-order valence-electron chi connectivity index (χ0n) is 15.9. The number of likely N-dealkylation sites (tertiary alicyclic amines) is 1. The highest BCUT2D eigenvalue weighted by atomic mass is 35.5. The number of nitrogens with one attached hydrogen (secondary N) is 1. The average molecular weight is 406 g/mol. The van der Waals surface area contributed by atoms with Crippen LogP contribution in [0.2, 0.25) is 5.02 Å². The number of hydrogen-bond donors (Lipinski definition) is 1. The maximum atomic E-state index is 6.13. The number of thiocarbonyl (C=S) groups is 1. The molecule has 1 aliphatic heterocycles. The predicted octanol–water partition coefficient (Wildman–Crippen LogP) is 5.32. The molecule has 1 saturated heterocycles. The molecule has 2 aromatic rings. The lowest BCUT2D eigenvalue weighted by molar-refractivity contribution is 0.217. The molecule has 3 rings (SSSR count). The smallest absolute Gasteiger partial charge is 0.173 e. The maximum Gasteiger partial charge on any atom is 0.173 e. The van der Waals surface area contributed by atoms with Crippen LogP contribution >= 0.6 is 23.8 Å². The molecule has 0 saturated carbocycles. The van der Waals surface area contributed by atoms with E-state index in [2.05, 4.69) is 15.1 Å². The number of hydrogen-bond acceptors (Lipinski definition) is 3. The molecular weight excluding hydrogens is 378 g/mol. The van der Waals surface area contributed by atoms with Gasteiger partial charge in [0.05, 0.1) is 12.8 Å². The zero-order valence-corrected chi connectivity index (χ0v) is 17.5. The number of rotatable bonds is 7. The van der Waals surface area contributed by atoms with Gasteiger partial charge in [-0.2, -0.15) is 0 Å². The van der Waals surface area contributed by atoms with E-state index < -0.39 is 0 Å². The van der Waals surface area contributed by atoms with E-state index in [-0.39, 0.29) is 0 Å². The number of anilines is 1. The molecule has 27 heavy (non-hydrogen) atoms. The van der Waals surface area contributed by atoms with E-state index in [1.807, 2.05) is 37.3 Å². The molecule has 0 radical (unpaired) electrons. The largest absolute Gasteiger partial charge is 0.467 e. The Morgan fingerprint density at radius 3 is 2.78 bits per heavy atom. The molecule has 0 amide bonds. The van der Waals surface area contributed by atoms with Crippen LogP contribution in [0.1, 0.15) is 37.0 Å². The molecule has 1 aromatic carbocycles. The van der Waals surface area contributed by atoms with Crippen molar-refractivity contribution in [1.29, 1.82) is 0 Å². The first kappa shape index (κ1) is 20.2. The minimum absolute atomic E-state index is 0.672. The molecule has 2 heterocycles. The lowest BCUT2D eigenvalue weighted by Crippen LogP contribution is -2.37. The van der Waals surface area contributed by atoms with Crippen LogP contribution in [-0.4, -0.2) is 41.1 Å². The predicted molar refractivity (Wildman–Crippen MR) is 116 cm³/mol. The van der Waals surface area contributed by atoms with Crippen LogP contribution in [0.25, 0.3) is 0 Å². The minimum atomic E-state index is 0.672. The highest BCUT2D eigenvalue weighted by Crippen LogP contribution is 2.20. The van der Waals surface area contributed by atoms with Crippen LogP contribution in [0, 0.1) is 6.92 Å². The molecule has 0 spiro atoms. The zero-order chi connectivity index (χ0) is 19.1. The lowest BCUT2D eigenvalue weighted by Gasteiger charge is -2.29. The fourth-order valence-corrected chi connectivity index (χ4v) is 3.83. The van der Waals surface area contributed by atoms with Crippen molar-refractivity contribution in [3.8, 4) is 0 Å². The van der Waals surface area contributed by atoms with Gasteiger partial charge < -0.3 is 19.5 Å². The number of benzene rings is 1. The first-order valence-corrected chi connectivity index (χ1v) is 10.5. The van der Waals surface area contributed by atoms with E-state index in [1.54, 1.807) is 6.26 Å². The van der Waals surface area contributed by atoms with Gasteiger partial charge >= 0.3 is 0 Å². The van der Waals surface area contributed by atoms with Crippen molar-refractivity contribution in [1.82, 2.24) is 9.80 Å². The van der Waals surface area contributed by atoms with Crippen molar-refractivity contribution in [3.05, 3.63) is 52.9 Å². The standard InChI is InChI=1S/C21H28ClN3OS/c1-17-15-18(8-9-20(17)22)23-21(27)25(16-19-7-5-14-26-19)13-6-12-24-10-3-2-4-11-24/h5,7-9,14-15H,2-4,6,10-13,16H2,1H3,(H,23,27). The minimum Gasteiger partial charge on any atom is -0.467 e. The second-order valence-corrected chi connectivity index (χ2v) is 7.94. The van der Waals surface area contributed by atoms with Crippen LogP contribution in [0.15, 0.2) is 41.0 Å². The number of aryl methyl sites for hydroxylation is 1.